The minimum Gasteiger partial charge on any atom is -0.496 e. The van der Waals surface area contributed by atoms with Crippen molar-refractivity contribution in [1.29, 1.82) is 0 Å². The van der Waals surface area contributed by atoms with Gasteiger partial charge < -0.3 is 15.2 Å². The molecule has 72 valence electrons. The van der Waals surface area contributed by atoms with E-state index >= 15 is 0 Å². The van der Waals surface area contributed by atoms with Crippen molar-refractivity contribution < 1.29 is 9.47 Å². The first-order valence-electron chi connectivity index (χ1n) is 4.32. The summed E-state index contributed by atoms with van der Waals surface area (Å²) in [4.78, 5) is 0. The van der Waals surface area contributed by atoms with Crippen molar-refractivity contribution in [2.45, 2.75) is 13.5 Å². The Morgan fingerprint density at radius 1 is 1.31 bits per heavy atom. The molecule has 0 fully saturated rings. The van der Waals surface area contributed by atoms with E-state index in [0.717, 1.165) is 17.1 Å². The second-order valence-electron chi connectivity index (χ2n) is 2.57. The lowest BCUT2D eigenvalue weighted by Gasteiger charge is -2.11. The highest BCUT2D eigenvalue weighted by molar-refractivity contribution is 5.44. The molecule has 1 rings (SSSR count). The maximum absolute atomic E-state index is 5.60. The summed E-state index contributed by atoms with van der Waals surface area (Å²) in [6.07, 6.45) is 0. The van der Waals surface area contributed by atoms with Crippen LogP contribution in [0.5, 0.6) is 11.5 Å². The maximum Gasteiger partial charge on any atom is 0.127 e. The molecule has 2 N–H and O–H groups in total. The lowest BCUT2D eigenvalue weighted by Crippen LogP contribution is -2.04. The summed E-state index contributed by atoms with van der Waals surface area (Å²) in [5.41, 5.74) is 6.52. The average Bonchev–Trinajstić information content (AvgIpc) is 2.18. The highest BCUT2D eigenvalue weighted by Gasteiger charge is 2.07. The second-order valence-corrected chi connectivity index (χ2v) is 2.57. The zero-order chi connectivity index (χ0) is 9.68. The Labute approximate surface area is 78.5 Å². The number of methoxy groups -OCH3 is 1. The van der Waals surface area contributed by atoms with E-state index in [2.05, 4.69) is 0 Å². The lowest BCUT2D eigenvalue weighted by atomic mass is 10.2. The van der Waals surface area contributed by atoms with Crippen molar-refractivity contribution >= 4 is 0 Å². The van der Waals surface area contributed by atoms with Crippen LogP contribution in [0.1, 0.15) is 12.5 Å². The normalized spacial score (nSPS) is 9.77. The van der Waals surface area contributed by atoms with Crippen LogP contribution in [-0.4, -0.2) is 13.7 Å². The summed E-state index contributed by atoms with van der Waals surface area (Å²) in [6, 6.07) is 5.67. The number of rotatable bonds is 4. The molecule has 0 radical (unpaired) electrons. The number of hydrogen-bond acceptors (Lipinski definition) is 3. The van der Waals surface area contributed by atoms with Crippen molar-refractivity contribution in [2.75, 3.05) is 13.7 Å². The van der Waals surface area contributed by atoms with E-state index in [9.17, 15) is 0 Å². The zero-order valence-corrected chi connectivity index (χ0v) is 8.04. The van der Waals surface area contributed by atoms with Crippen molar-refractivity contribution in [3.05, 3.63) is 23.8 Å². The van der Waals surface area contributed by atoms with Gasteiger partial charge in [0.05, 0.1) is 13.7 Å². The molecule has 0 spiro atoms. The summed E-state index contributed by atoms with van der Waals surface area (Å²) in [5, 5.41) is 0. The molecule has 3 heteroatoms. The van der Waals surface area contributed by atoms with Crippen molar-refractivity contribution in [2.24, 2.45) is 5.73 Å². The predicted octanol–water partition coefficient (Wildman–Crippen LogP) is 1.55. The summed E-state index contributed by atoms with van der Waals surface area (Å²) in [5.74, 6) is 1.60. The first-order valence-corrected chi connectivity index (χ1v) is 4.32. The van der Waals surface area contributed by atoms with E-state index in [1.165, 1.54) is 0 Å². The predicted molar refractivity (Wildman–Crippen MR) is 52.1 cm³/mol. The van der Waals surface area contributed by atoms with Gasteiger partial charge in [-0.3, -0.25) is 0 Å². The smallest absolute Gasteiger partial charge is 0.127 e. The Morgan fingerprint density at radius 3 is 2.54 bits per heavy atom. The molecule has 13 heavy (non-hydrogen) atoms. The van der Waals surface area contributed by atoms with Gasteiger partial charge in [0.1, 0.15) is 11.5 Å². The fourth-order valence-electron chi connectivity index (χ4n) is 1.23. The molecule has 1 aromatic rings. The van der Waals surface area contributed by atoms with E-state index in [0.29, 0.717) is 13.2 Å². The van der Waals surface area contributed by atoms with Gasteiger partial charge in [-0.05, 0) is 19.1 Å². The van der Waals surface area contributed by atoms with Gasteiger partial charge in [-0.2, -0.15) is 0 Å². The van der Waals surface area contributed by atoms with Gasteiger partial charge in [0.2, 0.25) is 0 Å². The summed E-state index contributed by atoms with van der Waals surface area (Å²) in [7, 11) is 1.63. The van der Waals surface area contributed by atoms with E-state index in [4.69, 9.17) is 15.2 Å². The van der Waals surface area contributed by atoms with E-state index < -0.39 is 0 Å². The number of benzene rings is 1. The molecular formula is C10H15NO2. The van der Waals surface area contributed by atoms with Crippen LogP contribution in [0, 0.1) is 0 Å². The van der Waals surface area contributed by atoms with E-state index in [-0.39, 0.29) is 0 Å². The minimum atomic E-state index is 0.430. The molecule has 1 aromatic carbocycles. The van der Waals surface area contributed by atoms with Crippen LogP contribution in [0.2, 0.25) is 0 Å². The van der Waals surface area contributed by atoms with Crippen LogP contribution in [0.25, 0.3) is 0 Å². The SMILES string of the molecule is CCOc1cccc(OC)c1CN. The van der Waals surface area contributed by atoms with Crippen molar-refractivity contribution in [3.8, 4) is 11.5 Å². The summed E-state index contributed by atoms with van der Waals surface area (Å²) in [6.45, 7) is 3.01. The van der Waals surface area contributed by atoms with Crippen molar-refractivity contribution in [3.63, 3.8) is 0 Å². The molecule has 0 aliphatic carbocycles. The third-order valence-corrected chi connectivity index (χ3v) is 1.81. The van der Waals surface area contributed by atoms with Gasteiger partial charge in [-0.25, -0.2) is 0 Å². The molecule has 0 bridgehead atoms. The van der Waals surface area contributed by atoms with Crippen LogP contribution >= 0.6 is 0 Å². The average molecular weight is 181 g/mol. The number of nitrogens with two attached hydrogens (primary N) is 1. The van der Waals surface area contributed by atoms with Crippen LogP contribution < -0.4 is 15.2 Å². The number of ether oxygens (including phenoxy) is 2. The molecule has 0 atom stereocenters. The van der Waals surface area contributed by atoms with Gasteiger partial charge >= 0.3 is 0 Å². The third kappa shape index (κ3) is 2.12. The molecule has 0 aliphatic rings. The number of hydrogen-bond donors (Lipinski definition) is 1. The second kappa shape index (κ2) is 4.72. The molecule has 0 unspecified atom stereocenters. The molecule has 0 aliphatic heterocycles. The van der Waals surface area contributed by atoms with Gasteiger partial charge in [0.25, 0.3) is 0 Å². The van der Waals surface area contributed by atoms with Crippen molar-refractivity contribution in [1.82, 2.24) is 0 Å². The first-order chi connectivity index (χ1) is 6.33. The van der Waals surface area contributed by atoms with Gasteiger partial charge in [-0.1, -0.05) is 6.07 Å². The zero-order valence-electron chi connectivity index (χ0n) is 8.04. The highest BCUT2D eigenvalue weighted by atomic mass is 16.5. The standard InChI is InChI=1S/C10H15NO2/c1-3-13-10-6-4-5-9(12-2)8(10)7-11/h4-6H,3,7,11H2,1-2H3. The Kier molecular flexibility index (Phi) is 3.58. The molecule has 0 saturated carbocycles. The fourth-order valence-corrected chi connectivity index (χ4v) is 1.23. The van der Waals surface area contributed by atoms with Gasteiger partial charge in [0.15, 0.2) is 0 Å². The molecular weight excluding hydrogens is 166 g/mol. The Balaban J connectivity index is 3.03. The summed E-state index contributed by atoms with van der Waals surface area (Å²) < 4.78 is 10.6. The monoisotopic (exact) mass is 181 g/mol. The molecule has 3 nitrogen and oxygen atoms in total. The topological polar surface area (TPSA) is 44.5 Å². The Morgan fingerprint density at radius 2 is 2.00 bits per heavy atom. The van der Waals surface area contributed by atoms with E-state index in [1.54, 1.807) is 7.11 Å². The minimum absolute atomic E-state index is 0.430. The quantitative estimate of drug-likeness (QED) is 0.766. The molecule has 0 saturated heterocycles. The molecule has 0 amide bonds. The highest BCUT2D eigenvalue weighted by Crippen LogP contribution is 2.27. The van der Waals surface area contributed by atoms with Gasteiger partial charge in [-0.15, -0.1) is 0 Å². The molecule has 0 aromatic heterocycles. The van der Waals surface area contributed by atoms with Gasteiger partial charge in [0, 0.05) is 12.1 Å². The first kappa shape index (κ1) is 9.86. The fraction of sp³-hybridized carbons (Fsp3) is 0.400. The van der Waals surface area contributed by atoms with Crippen LogP contribution in [0.4, 0.5) is 0 Å². The Bertz CT molecular complexity index is 274. The van der Waals surface area contributed by atoms with Crippen LogP contribution in [0.3, 0.4) is 0 Å². The van der Waals surface area contributed by atoms with E-state index in [1.807, 2.05) is 25.1 Å². The Hall–Kier alpha value is -1.22. The summed E-state index contributed by atoms with van der Waals surface area (Å²) >= 11 is 0. The largest absolute Gasteiger partial charge is 0.496 e. The molecule has 0 heterocycles. The maximum atomic E-state index is 5.60. The third-order valence-electron chi connectivity index (χ3n) is 1.81. The lowest BCUT2D eigenvalue weighted by molar-refractivity contribution is 0.331. The van der Waals surface area contributed by atoms with Crippen LogP contribution in [0.15, 0.2) is 18.2 Å². The van der Waals surface area contributed by atoms with Crippen LogP contribution in [-0.2, 0) is 6.54 Å².